The molecule has 0 unspecified atom stereocenters. The van der Waals surface area contributed by atoms with Gasteiger partial charge in [-0.25, -0.2) is 0 Å². The number of hydrogen-bond acceptors (Lipinski definition) is 2. The number of nitriles is 1. The fraction of sp³-hybridized carbons (Fsp3) is 0.300. The van der Waals surface area contributed by atoms with Gasteiger partial charge in [0.15, 0.2) is 0 Å². The topological polar surface area (TPSA) is 27.0 Å². The molecule has 0 spiro atoms. The number of nitrogens with zero attached hydrogens (tertiary/aromatic N) is 2. The van der Waals surface area contributed by atoms with Crippen LogP contribution in [0.25, 0.3) is 0 Å². The van der Waals surface area contributed by atoms with Crippen LogP contribution in [-0.4, -0.2) is 19.0 Å². The van der Waals surface area contributed by atoms with Gasteiger partial charge in [0, 0.05) is 4.47 Å². The van der Waals surface area contributed by atoms with Crippen LogP contribution in [-0.2, 0) is 0 Å². The Bertz CT molecular complexity index is 328. The average Bonchev–Trinajstić information content (AvgIpc) is 2.04. The standard InChI is InChI=1S/C10H11BrN2/c1-13(2)10(7-12)8-4-3-5-9(11)6-8/h3-6,10H,1-2H3/t10-/m0/s1. The van der Waals surface area contributed by atoms with Gasteiger partial charge < -0.3 is 0 Å². The lowest BCUT2D eigenvalue weighted by Gasteiger charge is -2.17. The molecule has 0 saturated heterocycles. The van der Waals surface area contributed by atoms with E-state index in [0.717, 1.165) is 10.0 Å². The Hall–Kier alpha value is -0.850. The molecule has 0 aliphatic heterocycles. The molecule has 0 fully saturated rings. The zero-order chi connectivity index (χ0) is 9.84. The van der Waals surface area contributed by atoms with Gasteiger partial charge in [-0.2, -0.15) is 5.26 Å². The predicted octanol–water partition coefficient (Wildman–Crippen LogP) is 2.58. The van der Waals surface area contributed by atoms with Crippen LogP contribution in [0.1, 0.15) is 11.6 Å². The SMILES string of the molecule is CN(C)[C@@H](C#N)c1cccc(Br)c1. The summed E-state index contributed by atoms with van der Waals surface area (Å²) in [7, 11) is 3.80. The van der Waals surface area contributed by atoms with Gasteiger partial charge in [0.2, 0.25) is 0 Å². The molecule has 0 saturated carbocycles. The molecule has 1 aromatic carbocycles. The van der Waals surface area contributed by atoms with Crippen molar-refractivity contribution >= 4 is 15.9 Å². The van der Waals surface area contributed by atoms with Gasteiger partial charge in [0.05, 0.1) is 6.07 Å². The first-order chi connectivity index (χ1) is 6.15. The monoisotopic (exact) mass is 238 g/mol. The van der Waals surface area contributed by atoms with Crippen molar-refractivity contribution in [1.82, 2.24) is 4.90 Å². The third-order valence-electron chi connectivity index (χ3n) is 1.80. The lowest BCUT2D eigenvalue weighted by atomic mass is 10.1. The molecule has 13 heavy (non-hydrogen) atoms. The zero-order valence-corrected chi connectivity index (χ0v) is 9.25. The van der Waals surface area contributed by atoms with E-state index in [2.05, 4.69) is 22.0 Å². The van der Waals surface area contributed by atoms with E-state index in [9.17, 15) is 0 Å². The first-order valence-electron chi connectivity index (χ1n) is 3.96. The van der Waals surface area contributed by atoms with Crippen molar-refractivity contribution in [2.24, 2.45) is 0 Å². The third-order valence-corrected chi connectivity index (χ3v) is 2.30. The van der Waals surface area contributed by atoms with Crippen LogP contribution >= 0.6 is 15.9 Å². The Balaban J connectivity index is 3.00. The normalized spacial score (nSPS) is 12.5. The Morgan fingerprint density at radius 3 is 2.62 bits per heavy atom. The molecule has 0 N–H and O–H groups in total. The molecule has 1 rings (SSSR count). The molecule has 68 valence electrons. The summed E-state index contributed by atoms with van der Waals surface area (Å²) in [6, 6.07) is 9.89. The number of benzene rings is 1. The molecule has 3 heteroatoms. The van der Waals surface area contributed by atoms with Crippen molar-refractivity contribution in [3.8, 4) is 6.07 Å². The van der Waals surface area contributed by atoms with E-state index in [4.69, 9.17) is 5.26 Å². The lowest BCUT2D eigenvalue weighted by molar-refractivity contribution is 0.358. The Labute approximate surface area is 86.9 Å². The van der Waals surface area contributed by atoms with E-state index in [-0.39, 0.29) is 6.04 Å². The summed E-state index contributed by atoms with van der Waals surface area (Å²) >= 11 is 3.38. The molecule has 0 bridgehead atoms. The van der Waals surface area contributed by atoms with Gasteiger partial charge in [-0.1, -0.05) is 28.1 Å². The lowest BCUT2D eigenvalue weighted by Crippen LogP contribution is -2.18. The quantitative estimate of drug-likeness (QED) is 0.793. The van der Waals surface area contributed by atoms with Gasteiger partial charge in [0.25, 0.3) is 0 Å². The van der Waals surface area contributed by atoms with Crippen molar-refractivity contribution in [2.45, 2.75) is 6.04 Å². The van der Waals surface area contributed by atoms with Crippen molar-refractivity contribution in [2.75, 3.05) is 14.1 Å². The smallest absolute Gasteiger partial charge is 0.123 e. The summed E-state index contributed by atoms with van der Waals surface area (Å²) in [5.41, 5.74) is 1.02. The number of halogens is 1. The maximum Gasteiger partial charge on any atom is 0.123 e. The van der Waals surface area contributed by atoms with Crippen molar-refractivity contribution in [3.63, 3.8) is 0 Å². The first-order valence-corrected chi connectivity index (χ1v) is 4.76. The van der Waals surface area contributed by atoms with Gasteiger partial charge in [-0.3, -0.25) is 4.90 Å². The predicted molar refractivity (Wildman–Crippen MR) is 56.2 cm³/mol. The first kappa shape index (κ1) is 10.2. The van der Waals surface area contributed by atoms with Crippen LogP contribution in [0.2, 0.25) is 0 Å². The van der Waals surface area contributed by atoms with E-state index in [1.807, 2.05) is 43.3 Å². The van der Waals surface area contributed by atoms with Crippen LogP contribution in [0, 0.1) is 11.3 Å². The third kappa shape index (κ3) is 2.55. The second-order valence-corrected chi connectivity index (χ2v) is 3.97. The minimum absolute atomic E-state index is 0.169. The molecular formula is C10H11BrN2. The van der Waals surface area contributed by atoms with Crippen molar-refractivity contribution in [3.05, 3.63) is 34.3 Å². The second kappa shape index (κ2) is 4.40. The number of hydrogen-bond donors (Lipinski definition) is 0. The van der Waals surface area contributed by atoms with Crippen LogP contribution < -0.4 is 0 Å². The van der Waals surface area contributed by atoms with E-state index >= 15 is 0 Å². The summed E-state index contributed by atoms with van der Waals surface area (Å²) in [6.07, 6.45) is 0. The maximum absolute atomic E-state index is 8.93. The largest absolute Gasteiger partial charge is 0.291 e. The Morgan fingerprint density at radius 2 is 2.15 bits per heavy atom. The van der Waals surface area contributed by atoms with E-state index in [1.54, 1.807) is 0 Å². The molecule has 0 radical (unpaired) electrons. The summed E-state index contributed by atoms with van der Waals surface area (Å²) in [5, 5.41) is 8.93. The molecular weight excluding hydrogens is 228 g/mol. The summed E-state index contributed by atoms with van der Waals surface area (Å²) in [4.78, 5) is 1.89. The molecule has 2 nitrogen and oxygen atoms in total. The molecule has 0 heterocycles. The Morgan fingerprint density at radius 1 is 1.46 bits per heavy atom. The molecule has 0 aromatic heterocycles. The van der Waals surface area contributed by atoms with Crippen molar-refractivity contribution in [1.29, 1.82) is 5.26 Å². The summed E-state index contributed by atoms with van der Waals surface area (Å²) in [6.45, 7) is 0. The second-order valence-electron chi connectivity index (χ2n) is 3.05. The number of rotatable bonds is 2. The summed E-state index contributed by atoms with van der Waals surface area (Å²) < 4.78 is 1.01. The molecule has 0 aliphatic carbocycles. The highest BCUT2D eigenvalue weighted by Crippen LogP contribution is 2.20. The van der Waals surface area contributed by atoms with Crippen LogP contribution in [0.3, 0.4) is 0 Å². The molecule has 0 aliphatic rings. The van der Waals surface area contributed by atoms with Gasteiger partial charge >= 0.3 is 0 Å². The van der Waals surface area contributed by atoms with Crippen LogP contribution in [0.15, 0.2) is 28.7 Å². The minimum Gasteiger partial charge on any atom is -0.291 e. The summed E-state index contributed by atoms with van der Waals surface area (Å²) in [5.74, 6) is 0. The van der Waals surface area contributed by atoms with Gasteiger partial charge in [-0.05, 0) is 31.8 Å². The highest BCUT2D eigenvalue weighted by molar-refractivity contribution is 9.10. The van der Waals surface area contributed by atoms with E-state index in [1.165, 1.54) is 0 Å². The fourth-order valence-corrected chi connectivity index (χ4v) is 1.58. The van der Waals surface area contributed by atoms with Crippen LogP contribution in [0.5, 0.6) is 0 Å². The Kier molecular flexibility index (Phi) is 3.47. The zero-order valence-electron chi connectivity index (χ0n) is 7.66. The highest BCUT2D eigenvalue weighted by Gasteiger charge is 2.12. The average molecular weight is 239 g/mol. The van der Waals surface area contributed by atoms with Gasteiger partial charge in [-0.15, -0.1) is 0 Å². The molecule has 1 aromatic rings. The maximum atomic E-state index is 8.93. The highest BCUT2D eigenvalue weighted by atomic mass is 79.9. The fourth-order valence-electron chi connectivity index (χ4n) is 1.16. The van der Waals surface area contributed by atoms with E-state index in [0.29, 0.717) is 0 Å². The molecule has 1 atom stereocenters. The minimum atomic E-state index is -0.169. The van der Waals surface area contributed by atoms with Crippen LogP contribution in [0.4, 0.5) is 0 Å². The molecule has 0 amide bonds. The van der Waals surface area contributed by atoms with Gasteiger partial charge in [0.1, 0.15) is 6.04 Å². The van der Waals surface area contributed by atoms with E-state index < -0.39 is 0 Å². The van der Waals surface area contributed by atoms with Crippen molar-refractivity contribution < 1.29 is 0 Å².